The Morgan fingerprint density at radius 3 is 2.87 bits per heavy atom. The number of nitrogens with one attached hydrogen (secondary N) is 1. The highest BCUT2D eigenvalue weighted by atomic mass is 15.1. The van der Waals surface area contributed by atoms with Crippen LogP contribution < -0.4 is 5.73 Å². The topological polar surface area (TPSA) is 54.7 Å². The lowest BCUT2D eigenvalue weighted by atomic mass is 10.0. The zero-order chi connectivity index (χ0) is 10.8. The first-order valence-corrected chi connectivity index (χ1v) is 5.39. The zero-order valence-electron chi connectivity index (χ0n) is 9.25. The normalized spacial score (nSPS) is 11.5. The molecule has 0 saturated heterocycles. The Morgan fingerprint density at radius 1 is 1.40 bits per heavy atom. The van der Waals surface area contributed by atoms with Crippen molar-refractivity contribution in [3.8, 4) is 0 Å². The monoisotopic (exact) mass is 203 g/mol. The van der Waals surface area contributed by atoms with Crippen molar-refractivity contribution in [1.82, 2.24) is 10.2 Å². The number of hydrogen-bond acceptors (Lipinski definition) is 2. The fourth-order valence-corrected chi connectivity index (χ4v) is 1.84. The summed E-state index contributed by atoms with van der Waals surface area (Å²) in [5, 5.41) is 8.62. The van der Waals surface area contributed by atoms with E-state index in [-0.39, 0.29) is 0 Å². The van der Waals surface area contributed by atoms with Crippen LogP contribution in [0.2, 0.25) is 0 Å². The first-order valence-electron chi connectivity index (χ1n) is 5.39. The number of benzene rings is 1. The summed E-state index contributed by atoms with van der Waals surface area (Å²) in [6.07, 6.45) is 0.929. The van der Waals surface area contributed by atoms with Gasteiger partial charge in [-0.2, -0.15) is 5.10 Å². The Kier molecular flexibility index (Phi) is 2.73. The van der Waals surface area contributed by atoms with Crippen molar-refractivity contribution >= 4 is 10.9 Å². The van der Waals surface area contributed by atoms with Crippen LogP contribution >= 0.6 is 0 Å². The van der Waals surface area contributed by atoms with E-state index in [1.165, 1.54) is 16.6 Å². The summed E-state index contributed by atoms with van der Waals surface area (Å²) < 4.78 is 0. The lowest BCUT2D eigenvalue weighted by Gasteiger charge is -2.03. The average molecular weight is 203 g/mol. The highest BCUT2D eigenvalue weighted by molar-refractivity contribution is 5.82. The summed E-state index contributed by atoms with van der Waals surface area (Å²) in [5.41, 5.74) is 9.09. The summed E-state index contributed by atoms with van der Waals surface area (Å²) in [7, 11) is 0. The van der Waals surface area contributed by atoms with Crippen molar-refractivity contribution < 1.29 is 0 Å². The predicted octanol–water partition coefficient (Wildman–Crippen LogP) is 2.19. The molecule has 1 heterocycles. The van der Waals surface area contributed by atoms with Gasteiger partial charge in [0, 0.05) is 11.1 Å². The van der Waals surface area contributed by atoms with Crippen LogP contribution in [-0.4, -0.2) is 16.7 Å². The van der Waals surface area contributed by atoms with Crippen LogP contribution in [-0.2, 0) is 6.42 Å². The Bertz CT molecular complexity index is 457. The number of rotatable bonds is 3. The summed E-state index contributed by atoms with van der Waals surface area (Å²) >= 11 is 0. The first kappa shape index (κ1) is 10.2. The molecule has 0 unspecified atom stereocenters. The van der Waals surface area contributed by atoms with Gasteiger partial charge in [-0.05, 0) is 36.6 Å². The minimum Gasteiger partial charge on any atom is -0.330 e. The summed E-state index contributed by atoms with van der Waals surface area (Å²) in [6, 6.07) is 6.35. The van der Waals surface area contributed by atoms with E-state index in [1.54, 1.807) is 0 Å². The van der Waals surface area contributed by atoms with E-state index in [2.05, 4.69) is 42.2 Å². The largest absolute Gasteiger partial charge is 0.330 e. The standard InChI is InChI=1S/C12H17N3/c1-8(2)12-10-7-9(5-6-13)3-4-11(10)14-15-12/h3-4,7-8H,5-6,13H2,1-2H3,(H,14,15). The zero-order valence-corrected chi connectivity index (χ0v) is 9.25. The molecule has 3 N–H and O–H groups in total. The van der Waals surface area contributed by atoms with Gasteiger partial charge in [-0.3, -0.25) is 5.10 Å². The number of aromatic amines is 1. The quantitative estimate of drug-likeness (QED) is 0.803. The molecule has 3 nitrogen and oxygen atoms in total. The van der Waals surface area contributed by atoms with Crippen LogP contribution in [0, 0.1) is 0 Å². The molecule has 3 heteroatoms. The molecule has 0 aliphatic heterocycles. The maximum atomic E-state index is 5.55. The van der Waals surface area contributed by atoms with E-state index >= 15 is 0 Å². The van der Waals surface area contributed by atoms with Gasteiger partial charge in [-0.15, -0.1) is 0 Å². The number of H-pyrrole nitrogens is 1. The average Bonchev–Trinajstić information content (AvgIpc) is 2.61. The third-order valence-electron chi connectivity index (χ3n) is 2.66. The van der Waals surface area contributed by atoms with Crippen LogP contribution in [0.25, 0.3) is 10.9 Å². The molecule has 0 bridgehead atoms. The number of nitrogens with zero attached hydrogens (tertiary/aromatic N) is 1. The maximum absolute atomic E-state index is 5.55. The Hall–Kier alpha value is -1.35. The molecule has 2 rings (SSSR count). The molecule has 0 aliphatic rings. The van der Waals surface area contributed by atoms with Gasteiger partial charge >= 0.3 is 0 Å². The fraction of sp³-hybridized carbons (Fsp3) is 0.417. The molecule has 0 spiro atoms. The highest BCUT2D eigenvalue weighted by Gasteiger charge is 2.08. The van der Waals surface area contributed by atoms with Crippen molar-refractivity contribution in [2.75, 3.05) is 6.54 Å². The van der Waals surface area contributed by atoms with Gasteiger partial charge < -0.3 is 5.73 Å². The van der Waals surface area contributed by atoms with Gasteiger partial charge in [0.25, 0.3) is 0 Å². The molecule has 0 fully saturated rings. The number of fused-ring (bicyclic) bond motifs is 1. The molecule has 0 saturated carbocycles. The van der Waals surface area contributed by atoms with Gasteiger partial charge in [0.2, 0.25) is 0 Å². The van der Waals surface area contributed by atoms with Crippen LogP contribution in [0.15, 0.2) is 18.2 Å². The molecular formula is C12H17N3. The smallest absolute Gasteiger partial charge is 0.0924 e. The van der Waals surface area contributed by atoms with Gasteiger partial charge in [0.1, 0.15) is 0 Å². The van der Waals surface area contributed by atoms with Crippen LogP contribution in [0.3, 0.4) is 0 Å². The molecule has 1 aromatic heterocycles. The number of aromatic nitrogens is 2. The third-order valence-corrected chi connectivity index (χ3v) is 2.66. The summed E-state index contributed by atoms with van der Waals surface area (Å²) in [5.74, 6) is 0.475. The van der Waals surface area contributed by atoms with Crippen molar-refractivity contribution in [3.63, 3.8) is 0 Å². The molecule has 0 atom stereocenters. The van der Waals surface area contributed by atoms with E-state index in [9.17, 15) is 0 Å². The number of nitrogens with two attached hydrogens (primary N) is 1. The van der Waals surface area contributed by atoms with Gasteiger partial charge in [0.15, 0.2) is 0 Å². The van der Waals surface area contributed by atoms with E-state index < -0.39 is 0 Å². The molecular weight excluding hydrogens is 186 g/mol. The summed E-state index contributed by atoms with van der Waals surface area (Å²) in [6.45, 7) is 5.03. The first-order chi connectivity index (χ1) is 7.22. The Labute approximate surface area is 89.7 Å². The van der Waals surface area contributed by atoms with Crippen LogP contribution in [0.4, 0.5) is 0 Å². The molecule has 0 amide bonds. The van der Waals surface area contributed by atoms with Gasteiger partial charge in [-0.25, -0.2) is 0 Å². The minimum atomic E-state index is 0.475. The van der Waals surface area contributed by atoms with Crippen LogP contribution in [0.5, 0.6) is 0 Å². The van der Waals surface area contributed by atoms with Crippen molar-refractivity contribution in [1.29, 1.82) is 0 Å². The molecule has 80 valence electrons. The van der Waals surface area contributed by atoms with E-state index in [1.807, 2.05) is 0 Å². The third kappa shape index (κ3) is 1.88. The highest BCUT2D eigenvalue weighted by Crippen LogP contribution is 2.23. The van der Waals surface area contributed by atoms with Crippen molar-refractivity contribution in [2.45, 2.75) is 26.2 Å². The van der Waals surface area contributed by atoms with E-state index in [4.69, 9.17) is 5.73 Å². The molecule has 2 aromatic rings. The second kappa shape index (κ2) is 4.03. The van der Waals surface area contributed by atoms with E-state index in [0.29, 0.717) is 12.5 Å². The second-order valence-corrected chi connectivity index (χ2v) is 4.18. The van der Waals surface area contributed by atoms with Crippen LogP contribution in [0.1, 0.15) is 31.0 Å². The van der Waals surface area contributed by atoms with Crippen molar-refractivity contribution in [2.24, 2.45) is 5.73 Å². The van der Waals surface area contributed by atoms with E-state index in [0.717, 1.165) is 11.9 Å². The lowest BCUT2D eigenvalue weighted by Crippen LogP contribution is -2.02. The minimum absolute atomic E-state index is 0.475. The Morgan fingerprint density at radius 2 is 2.20 bits per heavy atom. The summed E-state index contributed by atoms with van der Waals surface area (Å²) in [4.78, 5) is 0. The van der Waals surface area contributed by atoms with Crippen molar-refractivity contribution in [3.05, 3.63) is 29.5 Å². The van der Waals surface area contributed by atoms with Gasteiger partial charge in [-0.1, -0.05) is 19.9 Å². The molecule has 0 radical (unpaired) electrons. The molecule has 0 aliphatic carbocycles. The SMILES string of the molecule is CC(C)c1[nH]nc2ccc(CCN)cc12. The molecule has 1 aromatic carbocycles. The Balaban J connectivity index is 2.51. The predicted molar refractivity (Wildman–Crippen MR) is 62.9 cm³/mol. The molecule has 15 heavy (non-hydrogen) atoms. The fourth-order valence-electron chi connectivity index (χ4n) is 1.84. The number of hydrogen-bond donors (Lipinski definition) is 2. The second-order valence-electron chi connectivity index (χ2n) is 4.18. The lowest BCUT2D eigenvalue weighted by molar-refractivity contribution is 0.818. The maximum Gasteiger partial charge on any atom is 0.0924 e. The van der Waals surface area contributed by atoms with Gasteiger partial charge in [0.05, 0.1) is 5.52 Å².